The topological polar surface area (TPSA) is 59.0 Å². The van der Waals surface area contributed by atoms with Gasteiger partial charge in [-0.15, -0.1) is 0 Å². The van der Waals surface area contributed by atoms with Crippen LogP contribution < -0.4 is 10.6 Å². The number of anilines is 2. The fourth-order valence-electron chi connectivity index (χ4n) is 2.14. The molecule has 2 aromatic rings. The molecular formula is C15H19ClN4O. The molecule has 0 aliphatic heterocycles. The molecule has 1 amide bonds. The summed E-state index contributed by atoms with van der Waals surface area (Å²) in [5.41, 5.74) is 4.42. The molecule has 0 aliphatic carbocycles. The van der Waals surface area contributed by atoms with E-state index >= 15 is 0 Å². The molecule has 2 rings (SSSR count). The Morgan fingerprint density at radius 3 is 2.62 bits per heavy atom. The summed E-state index contributed by atoms with van der Waals surface area (Å²) in [5.74, 6) is -0.108. The van der Waals surface area contributed by atoms with Crippen molar-refractivity contribution in [2.45, 2.75) is 20.8 Å². The summed E-state index contributed by atoms with van der Waals surface area (Å²) in [5, 5.41) is 11.0. The minimum absolute atomic E-state index is 0.108. The van der Waals surface area contributed by atoms with Gasteiger partial charge in [0.05, 0.1) is 23.6 Å². The third-order valence-corrected chi connectivity index (χ3v) is 3.64. The molecule has 5 nitrogen and oxygen atoms in total. The molecule has 0 saturated heterocycles. The quantitative estimate of drug-likeness (QED) is 0.912. The Morgan fingerprint density at radius 2 is 2.05 bits per heavy atom. The lowest BCUT2D eigenvalue weighted by Crippen LogP contribution is -2.22. The highest BCUT2D eigenvalue weighted by Crippen LogP contribution is 2.20. The molecule has 6 heteroatoms. The standard InChI is InChI=1S/C15H19ClN4O/c1-9-7-12(16)5-6-13(9)17-8-14(21)18-15-10(2)19-20(4)11(15)3/h5-7,17H,8H2,1-4H3,(H,18,21). The van der Waals surface area contributed by atoms with Gasteiger partial charge in [0.15, 0.2) is 0 Å². The van der Waals surface area contributed by atoms with Crippen molar-refractivity contribution in [3.05, 3.63) is 40.2 Å². The van der Waals surface area contributed by atoms with Crippen molar-refractivity contribution >= 4 is 28.9 Å². The van der Waals surface area contributed by atoms with Crippen LogP contribution >= 0.6 is 11.6 Å². The van der Waals surface area contributed by atoms with Gasteiger partial charge in [-0.1, -0.05) is 11.6 Å². The molecule has 0 radical (unpaired) electrons. The summed E-state index contributed by atoms with van der Waals surface area (Å²) in [4.78, 5) is 12.0. The Kier molecular flexibility index (Phi) is 4.53. The molecule has 0 bridgehead atoms. The van der Waals surface area contributed by atoms with Crippen molar-refractivity contribution in [3.63, 3.8) is 0 Å². The van der Waals surface area contributed by atoms with Gasteiger partial charge in [-0.25, -0.2) is 0 Å². The smallest absolute Gasteiger partial charge is 0.243 e. The first-order valence-electron chi connectivity index (χ1n) is 6.68. The molecule has 1 heterocycles. The van der Waals surface area contributed by atoms with E-state index in [4.69, 9.17) is 11.6 Å². The molecule has 1 aromatic heterocycles. The van der Waals surface area contributed by atoms with Crippen LogP contribution in [0.25, 0.3) is 0 Å². The molecule has 0 atom stereocenters. The molecule has 2 N–H and O–H groups in total. The average Bonchev–Trinajstić information content (AvgIpc) is 2.64. The van der Waals surface area contributed by atoms with Crippen LogP contribution in [0.3, 0.4) is 0 Å². The number of aryl methyl sites for hydroxylation is 3. The summed E-state index contributed by atoms with van der Waals surface area (Å²) in [6, 6.07) is 5.52. The lowest BCUT2D eigenvalue weighted by molar-refractivity contribution is -0.114. The van der Waals surface area contributed by atoms with E-state index in [1.165, 1.54) is 0 Å². The number of hydrogen-bond donors (Lipinski definition) is 2. The molecular weight excluding hydrogens is 288 g/mol. The molecule has 0 unspecified atom stereocenters. The van der Waals surface area contributed by atoms with Crippen LogP contribution in [-0.4, -0.2) is 22.2 Å². The van der Waals surface area contributed by atoms with E-state index in [-0.39, 0.29) is 12.5 Å². The third-order valence-electron chi connectivity index (χ3n) is 3.40. The summed E-state index contributed by atoms with van der Waals surface area (Å²) >= 11 is 5.91. The second kappa shape index (κ2) is 6.18. The second-order valence-electron chi connectivity index (χ2n) is 5.03. The molecule has 112 valence electrons. The van der Waals surface area contributed by atoms with Gasteiger partial charge in [-0.05, 0) is 44.5 Å². The molecule has 0 aliphatic rings. The Labute approximate surface area is 129 Å². The van der Waals surface area contributed by atoms with Crippen LogP contribution in [-0.2, 0) is 11.8 Å². The zero-order valence-corrected chi connectivity index (χ0v) is 13.4. The van der Waals surface area contributed by atoms with Crippen molar-refractivity contribution in [2.24, 2.45) is 7.05 Å². The predicted molar refractivity (Wildman–Crippen MR) is 86.0 cm³/mol. The van der Waals surface area contributed by atoms with Crippen LogP contribution in [0.5, 0.6) is 0 Å². The van der Waals surface area contributed by atoms with Crippen molar-refractivity contribution in [2.75, 3.05) is 17.2 Å². The van der Waals surface area contributed by atoms with E-state index in [0.29, 0.717) is 5.02 Å². The van der Waals surface area contributed by atoms with Gasteiger partial charge in [0, 0.05) is 17.8 Å². The van der Waals surface area contributed by atoms with Crippen LogP contribution in [0.15, 0.2) is 18.2 Å². The molecule has 0 fully saturated rings. The average molecular weight is 307 g/mol. The first-order valence-corrected chi connectivity index (χ1v) is 7.06. The first-order chi connectivity index (χ1) is 9.88. The maximum atomic E-state index is 12.0. The predicted octanol–water partition coefficient (Wildman–Crippen LogP) is 3.05. The number of amides is 1. The number of benzene rings is 1. The van der Waals surface area contributed by atoms with E-state index in [0.717, 1.165) is 28.3 Å². The fourth-order valence-corrected chi connectivity index (χ4v) is 2.37. The van der Waals surface area contributed by atoms with Gasteiger partial charge in [0.1, 0.15) is 0 Å². The van der Waals surface area contributed by atoms with E-state index in [1.54, 1.807) is 10.7 Å². The SMILES string of the molecule is Cc1cc(Cl)ccc1NCC(=O)Nc1c(C)nn(C)c1C. The maximum absolute atomic E-state index is 12.0. The number of carbonyl (C=O) groups is 1. The van der Waals surface area contributed by atoms with Gasteiger partial charge in [0.2, 0.25) is 5.91 Å². The lowest BCUT2D eigenvalue weighted by Gasteiger charge is -2.10. The summed E-state index contributed by atoms with van der Waals surface area (Å²) in [7, 11) is 1.85. The van der Waals surface area contributed by atoms with Crippen molar-refractivity contribution in [3.8, 4) is 0 Å². The van der Waals surface area contributed by atoms with Gasteiger partial charge in [-0.3, -0.25) is 9.48 Å². The highest BCUT2D eigenvalue weighted by Gasteiger charge is 2.12. The van der Waals surface area contributed by atoms with E-state index in [2.05, 4.69) is 15.7 Å². The van der Waals surface area contributed by atoms with Gasteiger partial charge < -0.3 is 10.6 Å². The summed E-state index contributed by atoms with van der Waals surface area (Å²) in [6.45, 7) is 5.93. The Hall–Kier alpha value is -2.01. The van der Waals surface area contributed by atoms with Gasteiger partial charge >= 0.3 is 0 Å². The number of nitrogens with one attached hydrogen (secondary N) is 2. The van der Waals surface area contributed by atoms with Crippen molar-refractivity contribution < 1.29 is 4.79 Å². The third kappa shape index (κ3) is 3.55. The summed E-state index contributed by atoms with van der Waals surface area (Å²) in [6.07, 6.45) is 0. The van der Waals surface area contributed by atoms with Crippen molar-refractivity contribution in [1.82, 2.24) is 9.78 Å². The molecule has 1 aromatic carbocycles. The second-order valence-corrected chi connectivity index (χ2v) is 5.47. The summed E-state index contributed by atoms with van der Waals surface area (Å²) < 4.78 is 1.75. The minimum atomic E-state index is -0.108. The Morgan fingerprint density at radius 1 is 1.33 bits per heavy atom. The number of halogens is 1. The van der Waals surface area contributed by atoms with Crippen LogP contribution in [0.2, 0.25) is 5.02 Å². The number of nitrogens with zero attached hydrogens (tertiary/aromatic N) is 2. The highest BCUT2D eigenvalue weighted by molar-refractivity contribution is 6.30. The monoisotopic (exact) mass is 306 g/mol. The Balaban J connectivity index is 1.99. The van der Waals surface area contributed by atoms with Crippen LogP contribution in [0.4, 0.5) is 11.4 Å². The zero-order valence-electron chi connectivity index (χ0n) is 12.6. The van der Waals surface area contributed by atoms with Gasteiger partial charge in [-0.2, -0.15) is 5.10 Å². The van der Waals surface area contributed by atoms with E-state index < -0.39 is 0 Å². The minimum Gasteiger partial charge on any atom is -0.376 e. The van der Waals surface area contributed by atoms with E-state index in [1.807, 2.05) is 40.0 Å². The number of hydrogen-bond acceptors (Lipinski definition) is 3. The molecule has 0 saturated carbocycles. The van der Waals surface area contributed by atoms with Gasteiger partial charge in [0.25, 0.3) is 0 Å². The Bertz CT molecular complexity index is 679. The van der Waals surface area contributed by atoms with Crippen LogP contribution in [0, 0.1) is 20.8 Å². The fraction of sp³-hybridized carbons (Fsp3) is 0.333. The normalized spacial score (nSPS) is 10.5. The van der Waals surface area contributed by atoms with Crippen molar-refractivity contribution in [1.29, 1.82) is 0 Å². The highest BCUT2D eigenvalue weighted by atomic mass is 35.5. The molecule has 21 heavy (non-hydrogen) atoms. The van der Waals surface area contributed by atoms with E-state index in [9.17, 15) is 4.79 Å². The molecule has 0 spiro atoms. The maximum Gasteiger partial charge on any atom is 0.243 e. The first kappa shape index (κ1) is 15.4. The number of rotatable bonds is 4. The van der Waals surface area contributed by atoms with Crippen LogP contribution in [0.1, 0.15) is 17.0 Å². The number of carbonyl (C=O) groups excluding carboxylic acids is 1. The lowest BCUT2D eigenvalue weighted by atomic mass is 10.2. The zero-order chi connectivity index (χ0) is 15.6. The number of aromatic nitrogens is 2. The largest absolute Gasteiger partial charge is 0.376 e.